The van der Waals surface area contributed by atoms with Gasteiger partial charge in [-0.2, -0.15) is 0 Å². The summed E-state index contributed by atoms with van der Waals surface area (Å²) < 4.78 is 0. The summed E-state index contributed by atoms with van der Waals surface area (Å²) in [6, 6.07) is 0.572. The molecule has 0 aliphatic carbocycles. The van der Waals surface area contributed by atoms with Crippen LogP contribution in [0.25, 0.3) is 0 Å². The quantitative estimate of drug-likeness (QED) is 0.698. The van der Waals surface area contributed by atoms with E-state index in [9.17, 15) is 0 Å². The first-order valence-electron chi connectivity index (χ1n) is 5.39. The first kappa shape index (κ1) is 10.4. The van der Waals surface area contributed by atoms with Crippen molar-refractivity contribution in [2.75, 3.05) is 0 Å². The van der Waals surface area contributed by atoms with Crippen LogP contribution in [-0.2, 0) is 0 Å². The van der Waals surface area contributed by atoms with E-state index >= 15 is 0 Å². The van der Waals surface area contributed by atoms with Crippen LogP contribution in [-0.4, -0.2) is 6.04 Å². The second-order valence-electron chi connectivity index (χ2n) is 4.05. The third kappa shape index (κ3) is 3.25. The molecule has 0 aromatic heterocycles. The summed E-state index contributed by atoms with van der Waals surface area (Å²) in [5, 5.41) is 3.56. The lowest BCUT2D eigenvalue weighted by molar-refractivity contribution is 0.536. The van der Waals surface area contributed by atoms with E-state index in [0.717, 1.165) is 0 Å². The lowest BCUT2D eigenvalue weighted by Crippen LogP contribution is -2.30. The zero-order chi connectivity index (χ0) is 9.68. The predicted molar refractivity (Wildman–Crippen MR) is 58.5 cm³/mol. The Balaban J connectivity index is 2.40. The molecule has 0 saturated heterocycles. The fourth-order valence-electron chi connectivity index (χ4n) is 1.56. The van der Waals surface area contributed by atoms with Gasteiger partial charge in [0.1, 0.15) is 0 Å². The van der Waals surface area contributed by atoms with Gasteiger partial charge in [-0.05, 0) is 18.4 Å². The maximum absolute atomic E-state index is 3.56. The summed E-state index contributed by atoms with van der Waals surface area (Å²) in [6.07, 6.45) is 10.5. The van der Waals surface area contributed by atoms with Crippen LogP contribution in [0.3, 0.4) is 0 Å². The molecule has 0 spiro atoms. The van der Waals surface area contributed by atoms with Crippen molar-refractivity contribution >= 4 is 0 Å². The molecule has 0 aromatic carbocycles. The van der Waals surface area contributed by atoms with Gasteiger partial charge in [0.15, 0.2) is 0 Å². The van der Waals surface area contributed by atoms with Crippen LogP contribution in [0.2, 0.25) is 0 Å². The number of hydrogen-bond acceptors (Lipinski definition) is 1. The van der Waals surface area contributed by atoms with E-state index in [4.69, 9.17) is 0 Å². The molecule has 74 valence electrons. The molecule has 1 heteroatoms. The first-order valence-corrected chi connectivity index (χ1v) is 5.39. The third-order valence-electron chi connectivity index (χ3n) is 2.46. The van der Waals surface area contributed by atoms with Crippen LogP contribution in [0.4, 0.5) is 0 Å². The van der Waals surface area contributed by atoms with E-state index in [1.807, 2.05) is 0 Å². The van der Waals surface area contributed by atoms with E-state index < -0.39 is 0 Å². The van der Waals surface area contributed by atoms with Gasteiger partial charge in [0.2, 0.25) is 0 Å². The lowest BCUT2D eigenvalue weighted by Gasteiger charge is -2.23. The minimum absolute atomic E-state index is 0.572. The van der Waals surface area contributed by atoms with Crippen LogP contribution in [0.15, 0.2) is 23.9 Å². The Morgan fingerprint density at radius 3 is 2.85 bits per heavy atom. The monoisotopic (exact) mass is 179 g/mol. The topological polar surface area (TPSA) is 12.0 Å². The van der Waals surface area contributed by atoms with Crippen LogP contribution < -0.4 is 5.32 Å². The highest BCUT2D eigenvalue weighted by atomic mass is 14.9. The molecule has 1 nitrogen and oxygen atoms in total. The second-order valence-corrected chi connectivity index (χ2v) is 4.05. The van der Waals surface area contributed by atoms with Crippen LogP contribution in [0.5, 0.6) is 0 Å². The molecule has 0 radical (unpaired) electrons. The van der Waals surface area contributed by atoms with Crippen molar-refractivity contribution < 1.29 is 0 Å². The molecule has 1 heterocycles. The largest absolute Gasteiger partial charge is 0.382 e. The highest BCUT2D eigenvalue weighted by molar-refractivity contribution is 5.20. The second kappa shape index (κ2) is 5.11. The first-order chi connectivity index (χ1) is 6.24. The van der Waals surface area contributed by atoms with E-state index in [-0.39, 0.29) is 0 Å². The number of hydrogen-bond donors (Lipinski definition) is 1. The van der Waals surface area contributed by atoms with Crippen molar-refractivity contribution in [2.45, 2.75) is 46.1 Å². The molecular formula is C12H21N. The molecule has 1 aliphatic rings. The molecule has 0 saturated carbocycles. The molecule has 0 fully saturated rings. The molecule has 1 rings (SSSR count). The van der Waals surface area contributed by atoms with Crippen molar-refractivity contribution in [1.82, 2.24) is 5.32 Å². The molecule has 0 amide bonds. The number of rotatable bonds is 4. The number of allylic oxidation sites excluding steroid dienone is 3. The Hall–Kier alpha value is -0.720. The molecule has 1 atom stereocenters. The minimum atomic E-state index is 0.572. The summed E-state index contributed by atoms with van der Waals surface area (Å²) in [6.45, 7) is 6.70. The fourth-order valence-corrected chi connectivity index (χ4v) is 1.56. The molecular weight excluding hydrogens is 158 g/mol. The van der Waals surface area contributed by atoms with Crippen LogP contribution >= 0.6 is 0 Å². The van der Waals surface area contributed by atoms with Crippen LogP contribution in [0, 0.1) is 5.92 Å². The zero-order valence-electron chi connectivity index (χ0n) is 9.01. The van der Waals surface area contributed by atoms with Crippen molar-refractivity contribution in [3.8, 4) is 0 Å². The van der Waals surface area contributed by atoms with Crippen molar-refractivity contribution in [3.05, 3.63) is 23.9 Å². The third-order valence-corrected chi connectivity index (χ3v) is 2.46. The van der Waals surface area contributed by atoms with E-state index in [1.54, 1.807) is 0 Å². The summed E-state index contributed by atoms with van der Waals surface area (Å²) >= 11 is 0. The van der Waals surface area contributed by atoms with Gasteiger partial charge in [-0.1, -0.05) is 45.8 Å². The van der Waals surface area contributed by atoms with Gasteiger partial charge < -0.3 is 5.32 Å². The lowest BCUT2D eigenvalue weighted by atomic mass is 10.0. The van der Waals surface area contributed by atoms with Gasteiger partial charge in [-0.3, -0.25) is 0 Å². The van der Waals surface area contributed by atoms with E-state index in [1.165, 1.54) is 25.0 Å². The SMILES string of the molecule is CCCCC1C=CC=C(C(C)C)N1. The molecule has 1 unspecified atom stereocenters. The minimum Gasteiger partial charge on any atom is -0.382 e. The van der Waals surface area contributed by atoms with Crippen molar-refractivity contribution in [3.63, 3.8) is 0 Å². The van der Waals surface area contributed by atoms with Gasteiger partial charge >= 0.3 is 0 Å². The Labute approximate surface area is 81.9 Å². The Morgan fingerprint density at radius 1 is 1.46 bits per heavy atom. The molecule has 0 bridgehead atoms. The normalized spacial score (nSPS) is 21.5. The number of nitrogens with one attached hydrogen (secondary N) is 1. The fraction of sp³-hybridized carbons (Fsp3) is 0.667. The van der Waals surface area contributed by atoms with Crippen molar-refractivity contribution in [1.29, 1.82) is 0 Å². The van der Waals surface area contributed by atoms with E-state index in [2.05, 4.69) is 44.3 Å². The Kier molecular flexibility index (Phi) is 4.07. The standard InChI is InChI=1S/C12H21N/c1-4-5-7-11-8-6-9-12(13-11)10(2)3/h6,8-11,13H,4-5,7H2,1-3H3. The van der Waals surface area contributed by atoms with Gasteiger partial charge in [-0.15, -0.1) is 0 Å². The Morgan fingerprint density at radius 2 is 2.23 bits per heavy atom. The summed E-state index contributed by atoms with van der Waals surface area (Å²) in [7, 11) is 0. The predicted octanol–water partition coefficient (Wildman–Crippen LogP) is 3.24. The number of dihydropyridines is 1. The van der Waals surface area contributed by atoms with E-state index in [0.29, 0.717) is 12.0 Å². The van der Waals surface area contributed by atoms with Crippen LogP contribution in [0.1, 0.15) is 40.0 Å². The maximum atomic E-state index is 3.56. The average Bonchev–Trinajstić information content (AvgIpc) is 2.15. The van der Waals surface area contributed by atoms with Gasteiger partial charge in [0, 0.05) is 11.7 Å². The highest BCUT2D eigenvalue weighted by Gasteiger charge is 2.10. The molecule has 1 aliphatic heterocycles. The summed E-state index contributed by atoms with van der Waals surface area (Å²) in [4.78, 5) is 0. The smallest absolute Gasteiger partial charge is 0.0444 e. The van der Waals surface area contributed by atoms with Crippen molar-refractivity contribution in [2.24, 2.45) is 5.92 Å². The van der Waals surface area contributed by atoms with Gasteiger partial charge in [-0.25, -0.2) is 0 Å². The highest BCUT2D eigenvalue weighted by Crippen LogP contribution is 2.14. The van der Waals surface area contributed by atoms with Gasteiger partial charge in [0.25, 0.3) is 0 Å². The summed E-state index contributed by atoms with van der Waals surface area (Å²) in [5.74, 6) is 0.620. The molecule has 0 aromatic rings. The molecule has 1 N–H and O–H groups in total. The maximum Gasteiger partial charge on any atom is 0.0444 e. The zero-order valence-corrected chi connectivity index (χ0v) is 9.01. The average molecular weight is 179 g/mol. The summed E-state index contributed by atoms with van der Waals surface area (Å²) in [5.41, 5.74) is 1.38. The molecule has 13 heavy (non-hydrogen) atoms. The Bertz CT molecular complexity index is 201. The van der Waals surface area contributed by atoms with Gasteiger partial charge in [0.05, 0.1) is 0 Å². The number of unbranched alkanes of at least 4 members (excludes halogenated alkanes) is 1.